The maximum absolute atomic E-state index is 14.4. The molecule has 0 spiro atoms. The van der Waals surface area contributed by atoms with Gasteiger partial charge in [0, 0.05) is 23.9 Å². The summed E-state index contributed by atoms with van der Waals surface area (Å²) in [5.74, 6) is -0.485. The van der Waals surface area contributed by atoms with Gasteiger partial charge in [0.2, 0.25) is 0 Å². The molecule has 0 aliphatic carbocycles. The monoisotopic (exact) mass is 642 g/mol. The van der Waals surface area contributed by atoms with Crippen LogP contribution in [0.2, 0.25) is 0 Å². The minimum Gasteiger partial charge on any atom is -1.00 e. The van der Waals surface area contributed by atoms with Crippen LogP contribution in [0.3, 0.4) is 0 Å². The molecule has 0 saturated carbocycles. The second kappa shape index (κ2) is 16.8. The van der Waals surface area contributed by atoms with Crippen molar-refractivity contribution >= 4 is 55.3 Å². The Morgan fingerprint density at radius 3 is 2.07 bits per heavy atom. The van der Waals surface area contributed by atoms with Gasteiger partial charge >= 0.3 is 43.7 Å². The standard InChI is InChI=1S/C35H40N2O7.Ca.2H/c1-22(2)33-32(35(42)36-28-16-15-27(43-3)21-29(28)44-4)31(23-11-7-5-8-12-23)34(24-13-9-6-10-14-24)37(33)18-17-25(38)19-26(39)20-30(40)41;;;/h5-16,21-22,25-26,38-39H,17-20H2,1-4H3,(H,36,42)(H,40,41);;;/q;+2;2*-1. The van der Waals surface area contributed by atoms with E-state index in [1.165, 1.54) is 7.11 Å². The first-order valence-corrected chi connectivity index (χ1v) is 14.6. The van der Waals surface area contributed by atoms with Crippen molar-refractivity contribution in [2.24, 2.45) is 0 Å². The predicted octanol–water partition coefficient (Wildman–Crippen LogP) is 6.04. The fourth-order valence-electron chi connectivity index (χ4n) is 5.56. The van der Waals surface area contributed by atoms with Crippen molar-refractivity contribution in [1.82, 2.24) is 4.57 Å². The molecule has 0 aliphatic rings. The summed E-state index contributed by atoms with van der Waals surface area (Å²) in [5.41, 5.74) is 5.11. The smallest absolute Gasteiger partial charge is 1.00 e. The van der Waals surface area contributed by atoms with Gasteiger partial charge in [0.15, 0.2) is 0 Å². The minimum absolute atomic E-state index is 0. The molecule has 4 N–H and O–H groups in total. The maximum atomic E-state index is 14.4. The summed E-state index contributed by atoms with van der Waals surface area (Å²) in [6.07, 6.45) is -2.37. The number of methoxy groups -OCH3 is 2. The number of carbonyl (C=O) groups excluding carboxylic acids is 1. The molecule has 0 aliphatic heterocycles. The van der Waals surface area contributed by atoms with Gasteiger partial charge in [-0.2, -0.15) is 0 Å². The number of nitrogens with one attached hydrogen (secondary N) is 1. The van der Waals surface area contributed by atoms with Crippen LogP contribution in [0.4, 0.5) is 5.69 Å². The second-order valence-corrected chi connectivity index (χ2v) is 11.0. The summed E-state index contributed by atoms with van der Waals surface area (Å²) >= 11 is 0. The molecule has 4 aromatic rings. The van der Waals surface area contributed by atoms with Crippen molar-refractivity contribution < 1.29 is 37.2 Å². The number of carboxylic acid groups (broad SMARTS) is 1. The molecule has 0 fully saturated rings. The number of carboxylic acids is 1. The van der Waals surface area contributed by atoms with Crippen LogP contribution < -0.4 is 14.8 Å². The van der Waals surface area contributed by atoms with Gasteiger partial charge in [-0.1, -0.05) is 74.5 Å². The largest absolute Gasteiger partial charge is 2.00 e. The first-order valence-electron chi connectivity index (χ1n) is 14.6. The van der Waals surface area contributed by atoms with Crippen LogP contribution in [-0.4, -0.2) is 95.9 Å². The number of ether oxygens (including phenoxy) is 2. The Bertz CT molecular complexity index is 1580. The van der Waals surface area contributed by atoms with Crippen LogP contribution in [0, 0.1) is 0 Å². The molecule has 2 atom stereocenters. The third-order valence-electron chi connectivity index (χ3n) is 7.48. The van der Waals surface area contributed by atoms with Gasteiger partial charge in [0.25, 0.3) is 5.91 Å². The summed E-state index contributed by atoms with van der Waals surface area (Å²) in [6.45, 7) is 4.37. The van der Waals surface area contributed by atoms with Crippen LogP contribution >= 0.6 is 0 Å². The number of aliphatic hydroxyl groups excluding tert-OH is 2. The van der Waals surface area contributed by atoms with Crippen molar-refractivity contribution in [2.45, 2.75) is 57.8 Å². The molecular formula is C35H42CaN2O7. The van der Waals surface area contributed by atoms with Crippen LogP contribution in [-0.2, 0) is 11.3 Å². The number of aliphatic carboxylic acids is 1. The Morgan fingerprint density at radius 1 is 0.889 bits per heavy atom. The van der Waals surface area contributed by atoms with Gasteiger partial charge in [-0.15, -0.1) is 0 Å². The molecule has 10 heteroatoms. The van der Waals surface area contributed by atoms with E-state index in [0.717, 1.165) is 28.1 Å². The number of hydrogen-bond donors (Lipinski definition) is 4. The number of rotatable bonds is 14. The number of nitrogens with zero attached hydrogens (tertiary/aromatic N) is 1. The molecule has 236 valence electrons. The normalized spacial score (nSPS) is 12.2. The zero-order valence-corrected chi connectivity index (χ0v) is 28.4. The van der Waals surface area contributed by atoms with Crippen molar-refractivity contribution in [3.8, 4) is 33.9 Å². The number of benzene rings is 3. The molecule has 9 nitrogen and oxygen atoms in total. The van der Waals surface area contributed by atoms with E-state index < -0.39 is 24.6 Å². The second-order valence-electron chi connectivity index (χ2n) is 11.0. The van der Waals surface area contributed by atoms with Crippen LogP contribution in [0.25, 0.3) is 22.4 Å². The first kappa shape index (κ1) is 36.1. The molecule has 2 unspecified atom stereocenters. The summed E-state index contributed by atoms with van der Waals surface area (Å²) in [5, 5.41) is 33.0. The van der Waals surface area contributed by atoms with Crippen molar-refractivity contribution in [1.29, 1.82) is 0 Å². The van der Waals surface area contributed by atoms with Gasteiger partial charge in [-0.25, -0.2) is 0 Å². The molecule has 1 heterocycles. The van der Waals surface area contributed by atoms with Gasteiger partial charge in [0.1, 0.15) is 11.5 Å². The van der Waals surface area contributed by atoms with E-state index >= 15 is 0 Å². The molecular weight excluding hydrogens is 600 g/mol. The van der Waals surface area contributed by atoms with Crippen LogP contribution in [0.5, 0.6) is 11.5 Å². The average molecular weight is 643 g/mol. The summed E-state index contributed by atoms with van der Waals surface area (Å²) < 4.78 is 13.0. The Morgan fingerprint density at radius 2 is 1.51 bits per heavy atom. The molecule has 1 amide bonds. The van der Waals surface area contributed by atoms with Gasteiger partial charge in [-0.05, 0) is 42.0 Å². The summed E-state index contributed by atoms with van der Waals surface area (Å²) in [4.78, 5) is 25.4. The van der Waals surface area contributed by atoms with Gasteiger partial charge in [-0.3, -0.25) is 9.59 Å². The molecule has 0 saturated heterocycles. The first-order chi connectivity index (χ1) is 21.1. The summed E-state index contributed by atoms with van der Waals surface area (Å²) in [6, 6.07) is 24.7. The third-order valence-corrected chi connectivity index (χ3v) is 7.48. The van der Waals surface area contributed by atoms with Gasteiger partial charge in [0.05, 0.1) is 49.8 Å². The quantitative estimate of drug-likeness (QED) is 0.124. The topological polar surface area (TPSA) is 130 Å². The molecule has 3 aromatic carbocycles. The third kappa shape index (κ3) is 8.89. The summed E-state index contributed by atoms with van der Waals surface area (Å²) in [7, 11) is 3.09. The molecule has 0 bridgehead atoms. The number of carbonyl (C=O) groups is 2. The maximum Gasteiger partial charge on any atom is 2.00 e. The van der Waals surface area contributed by atoms with E-state index in [0.29, 0.717) is 29.3 Å². The Kier molecular flexibility index (Phi) is 13.5. The van der Waals surface area contributed by atoms with E-state index in [9.17, 15) is 19.8 Å². The van der Waals surface area contributed by atoms with Crippen molar-refractivity contribution in [3.63, 3.8) is 0 Å². The number of anilines is 1. The van der Waals surface area contributed by atoms with E-state index in [1.807, 2.05) is 74.5 Å². The van der Waals surface area contributed by atoms with Crippen LogP contribution in [0.1, 0.15) is 57.9 Å². The number of aromatic nitrogens is 1. The zero-order chi connectivity index (χ0) is 31.8. The average Bonchev–Trinajstić information content (AvgIpc) is 3.36. The van der Waals surface area contributed by atoms with E-state index in [2.05, 4.69) is 9.88 Å². The van der Waals surface area contributed by atoms with Crippen LogP contribution in [0.15, 0.2) is 78.9 Å². The number of aliphatic hydroxyl groups is 2. The molecule has 1 aromatic heterocycles. The molecule has 0 radical (unpaired) electrons. The van der Waals surface area contributed by atoms with E-state index in [-0.39, 0.29) is 65.3 Å². The SMILES string of the molecule is COc1ccc(NC(=O)c2c(-c3ccccc3)c(-c3ccccc3)n(CCC(O)CC(O)CC(=O)O)c2C(C)C)c(OC)c1.[Ca+2].[H-].[H-]. The number of hydrogen-bond acceptors (Lipinski definition) is 6. The minimum atomic E-state index is -1.16. The Hall–Kier alpha value is -3.34. The fourth-order valence-corrected chi connectivity index (χ4v) is 5.56. The van der Waals surface area contributed by atoms with E-state index in [4.69, 9.17) is 14.6 Å². The van der Waals surface area contributed by atoms with E-state index in [1.54, 1.807) is 25.3 Å². The molecule has 45 heavy (non-hydrogen) atoms. The predicted molar refractivity (Wildman–Crippen MR) is 178 cm³/mol. The Balaban J connectivity index is 0.00000368. The molecule has 4 rings (SSSR count). The van der Waals surface area contributed by atoms with Crippen molar-refractivity contribution in [2.75, 3.05) is 19.5 Å². The zero-order valence-electron chi connectivity index (χ0n) is 28.2. The number of amides is 1. The Labute approximate surface area is 296 Å². The fraction of sp³-hybridized carbons (Fsp3) is 0.314. The van der Waals surface area contributed by atoms with Gasteiger partial charge < -0.3 is 37.5 Å². The van der Waals surface area contributed by atoms with Crippen molar-refractivity contribution in [3.05, 3.63) is 90.1 Å².